The van der Waals surface area contributed by atoms with Crippen LogP contribution >= 0.6 is 0 Å². The Balaban J connectivity index is 2.07. The third-order valence-electron chi connectivity index (χ3n) is 5.45. The quantitative estimate of drug-likeness (QED) is 0.613. The van der Waals surface area contributed by atoms with Gasteiger partial charge in [0, 0.05) is 0 Å². The number of hydrogen-bond donors (Lipinski definition) is 0. The summed E-state index contributed by atoms with van der Waals surface area (Å²) in [7, 11) is 0. The van der Waals surface area contributed by atoms with Crippen LogP contribution in [0.2, 0.25) is 0 Å². The summed E-state index contributed by atoms with van der Waals surface area (Å²) in [5.74, 6) is 2.91. The van der Waals surface area contributed by atoms with E-state index in [1.54, 1.807) is 0 Å². The molecule has 0 heterocycles. The lowest BCUT2D eigenvalue weighted by atomic mass is 9.68. The van der Waals surface area contributed by atoms with E-state index in [9.17, 15) is 0 Å². The van der Waals surface area contributed by atoms with Gasteiger partial charge in [0.05, 0.1) is 0 Å². The highest BCUT2D eigenvalue weighted by Crippen LogP contribution is 2.65. The van der Waals surface area contributed by atoms with E-state index < -0.39 is 0 Å². The molecule has 2 rings (SSSR count). The van der Waals surface area contributed by atoms with E-state index in [4.69, 9.17) is 0 Å². The van der Waals surface area contributed by atoms with Crippen LogP contribution in [-0.4, -0.2) is 0 Å². The van der Waals surface area contributed by atoms with Crippen LogP contribution < -0.4 is 0 Å². The fourth-order valence-corrected chi connectivity index (χ4v) is 3.24. The molecular weight excluding hydrogens is 156 g/mol. The van der Waals surface area contributed by atoms with Crippen LogP contribution in [0.3, 0.4) is 0 Å². The van der Waals surface area contributed by atoms with E-state index in [0.29, 0.717) is 10.8 Å². The van der Waals surface area contributed by atoms with Gasteiger partial charge in [-0.05, 0) is 47.8 Å². The molecule has 0 amide bonds. The largest absolute Gasteiger partial charge is 0.0620 e. The Morgan fingerprint density at radius 2 is 1.77 bits per heavy atom. The molecule has 0 aromatic carbocycles. The molecule has 76 valence electrons. The van der Waals surface area contributed by atoms with Gasteiger partial charge in [0.1, 0.15) is 0 Å². The summed E-state index contributed by atoms with van der Waals surface area (Å²) >= 11 is 0. The summed E-state index contributed by atoms with van der Waals surface area (Å²) in [6.45, 7) is 12.4. The SMILES string of the molecule is CC1CC1(C)C(C)C(C)(C)C1CC1. The Morgan fingerprint density at radius 1 is 1.31 bits per heavy atom. The van der Waals surface area contributed by atoms with Gasteiger partial charge in [-0.1, -0.05) is 34.6 Å². The molecule has 0 heteroatoms. The summed E-state index contributed by atoms with van der Waals surface area (Å²) in [5.41, 5.74) is 1.27. The average Bonchev–Trinajstić information content (AvgIpc) is 2.88. The van der Waals surface area contributed by atoms with Crippen molar-refractivity contribution in [2.75, 3.05) is 0 Å². The van der Waals surface area contributed by atoms with E-state index in [1.165, 1.54) is 19.3 Å². The standard InChI is InChI=1S/C13H24/c1-9-8-13(9,5)10(2)12(3,4)11-6-7-11/h9-11H,6-8H2,1-5H3. The van der Waals surface area contributed by atoms with Crippen molar-refractivity contribution in [1.82, 2.24) is 0 Å². The lowest BCUT2D eigenvalue weighted by molar-refractivity contribution is 0.114. The zero-order valence-corrected chi connectivity index (χ0v) is 9.85. The monoisotopic (exact) mass is 180 g/mol. The third kappa shape index (κ3) is 1.33. The molecule has 0 spiro atoms. The van der Waals surface area contributed by atoms with E-state index >= 15 is 0 Å². The Kier molecular flexibility index (Phi) is 1.85. The van der Waals surface area contributed by atoms with Gasteiger partial charge in [-0.25, -0.2) is 0 Å². The molecule has 0 bridgehead atoms. The summed E-state index contributed by atoms with van der Waals surface area (Å²) in [6, 6.07) is 0. The molecule has 0 nitrogen and oxygen atoms in total. The van der Waals surface area contributed by atoms with Crippen molar-refractivity contribution in [1.29, 1.82) is 0 Å². The Bertz CT molecular complexity index is 212. The second-order valence-electron chi connectivity index (χ2n) is 6.43. The summed E-state index contributed by atoms with van der Waals surface area (Å²) < 4.78 is 0. The van der Waals surface area contributed by atoms with Gasteiger partial charge in [-0.2, -0.15) is 0 Å². The highest BCUT2D eigenvalue weighted by atomic mass is 14.6. The maximum atomic E-state index is 2.49. The van der Waals surface area contributed by atoms with Crippen LogP contribution in [0, 0.1) is 28.6 Å². The van der Waals surface area contributed by atoms with E-state index in [0.717, 1.165) is 17.8 Å². The minimum atomic E-state index is 0.597. The van der Waals surface area contributed by atoms with Gasteiger partial charge in [-0.3, -0.25) is 0 Å². The first-order valence-electron chi connectivity index (χ1n) is 5.89. The molecule has 0 aromatic rings. The fourth-order valence-electron chi connectivity index (χ4n) is 3.24. The normalized spacial score (nSPS) is 41.8. The molecule has 0 N–H and O–H groups in total. The fraction of sp³-hybridized carbons (Fsp3) is 1.00. The highest BCUT2D eigenvalue weighted by molar-refractivity contribution is 5.06. The van der Waals surface area contributed by atoms with Crippen molar-refractivity contribution in [3.63, 3.8) is 0 Å². The topological polar surface area (TPSA) is 0 Å². The third-order valence-corrected chi connectivity index (χ3v) is 5.45. The van der Waals surface area contributed by atoms with Crippen LogP contribution in [0.5, 0.6) is 0 Å². The lowest BCUT2D eigenvalue weighted by Crippen LogP contribution is -2.30. The summed E-state index contributed by atoms with van der Waals surface area (Å²) in [6.07, 6.45) is 4.44. The maximum absolute atomic E-state index is 2.49. The molecule has 13 heavy (non-hydrogen) atoms. The molecular formula is C13H24. The molecule has 3 unspecified atom stereocenters. The van der Waals surface area contributed by atoms with Crippen LogP contribution in [-0.2, 0) is 0 Å². The van der Waals surface area contributed by atoms with Crippen molar-refractivity contribution >= 4 is 0 Å². The van der Waals surface area contributed by atoms with Crippen LogP contribution in [0.1, 0.15) is 53.9 Å². The van der Waals surface area contributed by atoms with Gasteiger partial charge in [0.25, 0.3) is 0 Å². The highest BCUT2D eigenvalue weighted by Gasteiger charge is 2.57. The number of hydrogen-bond acceptors (Lipinski definition) is 0. The molecule has 2 saturated carbocycles. The van der Waals surface area contributed by atoms with Crippen molar-refractivity contribution in [3.8, 4) is 0 Å². The second kappa shape index (κ2) is 2.52. The van der Waals surface area contributed by atoms with Gasteiger partial charge in [0.15, 0.2) is 0 Å². The van der Waals surface area contributed by atoms with E-state index in [1.807, 2.05) is 0 Å². The lowest BCUT2D eigenvalue weighted by Gasteiger charge is -2.37. The Morgan fingerprint density at radius 3 is 2.08 bits per heavy atom. The zero-order valence-electron chi connectivity index (χ0n) is 9.85. The van der Waals surface area contributed by atoms with E-state index in [2.05, 4.69) is 34.6 Å². The van der Waals surface area contributed by atoms with Crippen LogP contribution in [0.4, 0.5) is 0 Å². The van der Waals surface area contributed by atoms with Crippen LogP contribution in [0.15, 0.2) is 0 Å². The molecule has 2 aliphatic carbocycles. The van der Waals surface area contributed by atoms with Gasteiger partial charge < -0.3 is 0 Å². The molecule has 3 atom stereocenters. The Labute approximate surface area is 83.1 Å². The van der Waals surface area contributed by atoms with Crippen molar-refractivity contribution in [3.05, 3.63) is 0 Å². The van der Waals surface area contributed by atoms with Crippen LogP contribution in [0.25, 0.3) is 0 Å². The second-order valence-corrected chi connectivity index (χ2v) is 6.43. The van der Waals surface area contributed by atoms with Crippen molar-refractivity contribution in [2.24, 2.45) is 28.6 Å². The summed E-state index contributed by atoms with van der Waals surface area (Å²) in [5, 5.41) is 0. The number of rotatable bonds is 3. The zero-order chi connectivity index (χ0) is 9.85. The molecule has 0 saturated heterocycles. The van der Waals surface area contributed by atoms with Crippen molar-refractivity contribution in [2.45, 2.75) is 53.9 Å². The Hall–Kier alpha value is 0. The van der Waals surface area contributed by atoms with Gasteiger partial charge in [-0.15, -0.1) is 0 Å². The smallest absolute Gasteiger partial charge is 0.0266 e. The first kappa shape index (κ1) is 9.55. The van der Waals surface area contributed by atoms with Crippen molar-refractivity contribution < 1.29 is 0 Å². The first-order chi connectivity index (χ1) is 5.89. The predicted molar refractivity (Wildman–Crippen MR) is 57.6 cm³/mol. The van der Waals surface area contributed by atoms with Gasteiger partial charge >= 0.3 is 0 Å². The first-order valence-corrected chi connectivity index (χ1v) is 5.89. The summed E-state index contributed by atoms with van der Waals surface area (Å²) in [4.78, 5) is 0. The molecule has 2 aliphatic rings. The predicted octanol–water partition coefficient (Wildman–Crippen LogP) is 4.10. The molecule has 0 aromatic heterocycles. The average molecular weight is 180 g/mol. The molecule has 2 fully saturated rings. The minimum Gasteiger partial charge on any atom is -0.0620 e. The molecule has 0 radical (unpaired) electrons. The molecule has 0 aliphatic heterocycles. The van der Waals surface area contributed by atoms with E-state index in [-0.39, 0.29) is 0 Å². The van der Waals surface area contributed by atoms with Gasteiger partial charge in [0.2, 0.25) is 0 Å². The minimum absolute atomic E-state index is 0.597. The maximum Gasteiger partial charge on any atom is -0.0266 e.